The quantitative estimate of drug-likeness (QED) is 0.483. The van der Waals surface area contributed by atoms with Gasteiger partial charge in [0.15, 0.2) is 13.7 Å². The number of hydrogen-bond donors (Lipinski definition) is 3. The van der Waals surface area contributed by atoms with E-state index >= 15 is 0 Å². The zero-order valence-electron chi connectivity index (χ0n) is 5.15. The van der Waals surface area contributed by atoms with Crippen LogP contribution < -0.4 is 5.73 Å². The summed E-state index contributed by atoms with van der Waals surface area (Å²) in [6.45, 7) is -0.391. The minimum atomic E-state index is -1.82. The van der Waals surface area contributed by atoms with Gasteiger partial charge in [0.2, 0.25) is 0 Å². The van der Waals surface area contributed by atoms with Crippen molar-refractivity contribution in [1.82, 2.24) is 0 Å². The number of aliphatic hydroxyl groups excluding tert-OH is 1. The molecule has 0 aromatic carbocycles. The normalized spacial score (nSPS) is 16.6. The van der Waals surface area contributed by atoms with Gasteiger partial charge in [-0.1, -0.05) is 0 Å². The fourth-order valence-electron chi connectivity index (χ4n) is 0.362. The van der Waals surface area contributed by atoms with Crippen LogP contribution in [0.25, 0.3) is 0 Å². The Morgan fingerprint density at radius 1 is 1.70 bits per heavy atom. The molecule has 0 radical (unpaired) electrons. The molecule has 0 saturated carbocycles. The van der Waals surface area contributed by atoms with E-state index < -0.39 is 26.3 Å². The molecule has 0 aromatic heterocycles. The summed E-state index contributed by atoms with van der Waals surface area (Å²) < 4.78 is 10.1. The van der Waals surface area contributed by atoms with Gasteiger partial charge in [0.25, 0.3) is 0 Å². The number of aliphatic hydroxyl groups is 1. The van der Waals surface area contributed by atoms with Crippen molar-refractivity contribution in [2.24, 2.45) is 5.73 Å². The molecule has 10 heavy (non-hydrogen) atoms. The first kappa shape index (κ1) is 9.49. The summed E-state index contributed by atoms with van der Waals surface area (Å²) in [6, 6.07) is 0. The second kappa shape index (κ2) is 3.61. The van der Waals surface area contributed by atoms with E-state index in [1.54, 1.807) is 0 Å². The molecule has 58 valence electrons. The van der Waals surface area contributed by atoms with E-state index in [1.165, 1.54) is 0 Å². The zero-order valence-corrected chi connectivity index (χ0v) is 6.04. The van der Waals surface area contributed by atoms with Gasteiger partial charge >= 0.3 is 5.97 Å². The Kier molecular flexibility index (Phi) is 3.42. The monoisotopic (exact) mass is 165 g/mol. The van der Waals surface area contributed by atoms with Gasteiger partial charge in [-0.25, -0.2) is 4.79 Å². The highest BCUT2D eigenvalue weighted by atomic mass is 31.1. The number of carboxylic acids is 1. The van der Waals surface area contributed by atoms with E-state index in [9.17, 15) is 9.36 Å². The van der Waals surface area contributed by atoms with Gasteiger partial charge in [0.1, 0.15) is 0 Å². The molecule has 0 aliphatic carbocycles. The molecule has 0 aromatic rings. The molecule has 0 heterocycles. The second-order valence-corrected chi connectivity index (χ2v) is 2.77. The summed E-state index contributed by atoms with van der Waals surface area (Å²) >= 11 is 0. The van der Waals surface area contributed by atoms with Gasteiger partial charge in [-0.15, -0.1) is 0 Å². The molecule has 0 rings (SSSR count). The third kappa shape index (κ3) is 2.02. The predicted molar refractivity (Wildman–Crippen MR) is 33.9 cm³/mol. The molecule has 4 N–H and O–H groups in total. The van der Waals surface area contributed by atoms with E-state index in [2.05, 4.69) is 0 Å². The maximum Gasteiger partial charge on any atom is 0.335 e. The highest BCUT2D eigenvalue weighted by molar-refractivity contribution is 7.27. The number of carbonyl (C=O) groups is 1. The minimum Gasteiger partial charge on any atom is -0.479 e. The molecule has 0 amide bonds. The highest BCUT2D eigenvalue weighted by Gasteiger charge is 2.34. The van der Waals surface area contributed by atoms with Crippen molar-refractivity contribution in [2.45, 2.75) is 11.7 Å². The molecule has 0 spiro atoms. The molecule has 0 fully saturated rings. The van der Waals surface area contributed by atoms with Crippen LogP contribution >= 0.6 is 8.46 Å². The summed E-state index contributed by atoms with van der Waals surface area (Å²) in [5.41, 5.74) is 5.07. The van der Waals surface area contributed by atoms with Crippen molar-refractivity contribution in [3.05, 3.63) is 0 Å². The average Bonchev–Trinajstić information content (AvgIpc) is 1.88. The molecule has 0 aliphatic rings. The van der Waals surface area contributed by atoms with Crippen LogP contribution in [0.5, 0.6) is 0 Å². The van der Waals surface area contributed by atoms with E-state index in [4.69, 9.17) is 15.9 Å². The number of aliphatic carboxylic acids is 1. The van der Waals surface area contributed by atoms with E-state index in [0.29, 0.717) is 0 Å². The Morgan fingerprint density at radius 3 is 2.30 bits per heavy atom. The lowest BCUT2D eigenvalue weighted by Crippen LogP contribution is -2.42. The fourth-order valence-corrected chi connectivity index (χ4v) is 0.631. The largest absolute Gasteiger partial charge is 0.479 e. The lowest BCUT2D eigenvalue weighted by atomic mass is 10.2. The molecule has 0 aliphatic heterocycles. The topological polar surface area (TPSA) is 101 Å². The number of carboxylic acid groups (broad SMARTS) is 1. The molecule has 6 heteroatoms. The summed E-state index contributed by atoms with van der Waals surface area (Å²) in [5, 5.41) is 14.8. The van der Waals surface area contributed by atoms with Gasteiger partial charge in [-0.05, 0) is 0 Å². The maximum atomic E-state index is 10.2. The smallest absolute Gasteiger partial charge is 0.335 e. The van der Waals surface area contributed by atoms with Crippen molar-refractivity contribution in [2.75, 3.05) is 6.61 Å². The van der Waals surface area contributed by atoms with Crippen molar-refractivity contribution < 1.29 is 19.6 Å². The van der Waals surface area contributed by atoms with Crippen LogP contribution in [0.15, 0.2) is 0 Å². The lowest BCUT2D eigenvalue weighted by Gasteiger charge is -2.13. The zero-order chi connectivity index (χ0) is 8.20. The Labute approximate surface area is 59.0 Å². The van der Waals surface area contributed by atoms with Crippen molar-refractivity contribution in [3.8, 4) is 0 Å². The standard InChI is InChI=1S/C4H8NO4P/c5-4(10-9,1-2-6)3(7)8/h6H,1-2,5H2,(H,7,8). The van der Waals surface area contributed by atoms with Crippen molar-refractivity contribution >= 4 is 14.4 Å². The minimum absolute atomic E-state index is 0.215. The molecular formula is C4H8NO4P. The summed E-state index contributed by atoms with van der Waals surface area (Å²) in [6.07, 6.45) is -0.215. The summed E-state index contributed by atoms with van der Waals surface area (Å²) in [5.74, 6) is -1.38. The van der Waals surface area contributed by atoms with E-state index in [-0.39, 0.29) is 6.42 Å². The Morgan fingerprint density at radius 2 is 2.20 bits per heavy atom. The average molecular weight is 165 g/mol. The molecular weight excluding hydrogens is 157 g/mol. The third-order valence-corrected chi connectivity index (χ3v) is 1.77. The lowest BCUT2D eigenvalue weighted by molar-refractivity contribution is -0.140. The van der Waals surface area contributed by atoms with Crippen LogP contribution in [0.1, 0.15) is 6.42 Å². The van der Waals surface area contributed by atoms with Crippen molar-refractivity contribution in [3.63, 3.8) is 0 Å². The predicted octanol–water partition coefficient (Wildman–Crippen LogP) is -0.600. The van der Waals surface area contributed by atoms with E-state index in [1.807, 2.05) is 0 Å². The van der Waals surface area contributed by atoms with Crippen molar-refractivity contribution in [1.29, 1.82) is 0 Å². The fraction of sp³-hybridized carbons (Fsp3) is 0.750. The summed E-state index contributed by atoms with van der Waals surface area (Å²) in [4.78, 5) is 10.2. The summed E-state index contributed by atoms with van der Waals surface area (Å²) in [7, 11) is -0.685. The molecule has 0 saturated heterocycles. The van der Waals surface area contributed by atoms with Crippen LogP contribution in [-0.2, 0) is 9.36 Å². The first-order valence-corrected chi connectivity index (χ1v) is 3.35. The van der Waals surface area contributed by atoms with Gasteiger partial charge < -0.3 is 15.9 Å². The first-order valence-electron chi connectivity index (χ1n) is 2.54. The molecule has 1 unspecified atom stereocenters. The van der Waals surface area contributed by atoms with Crippen LogP contribution in [0, 0.1) is 0 Å². The van der Waals surface area contributed by atoms with Gasteiger partial charge in [0, 0.05) is 13.0 Å². The molecule has 0 bridgehead atoms. The van der Waals surface area contributed by atoms with Gasteiger partial charge in [0.05, 0.1) is 0 Å². The van der Waals surface area contributed by atoms with Gasteiger partial charge in [-0.2, -0.15) is 0 Å². The SMILES string of the molecule is NC(CCO)(P=O)C(=O)O. The van der Waals surface area contributed by atoms with Crippen LogP contribution in [0.4, 0.5) is 0 Å². The Hall–Kier alpha value is -0.510. The van der Waals surface area contributed by atoms with Gasteiger partial charge in [-0.3, -0.25) is 4.57 Å². The highest BCUT2D eigenvalue weighted by Crippen LogP contribution is 2.20. The van der Waals surface area contributed by atoms with E-state index in [0.717, 1.165) is 0 Å². The number of hydrogen-bond acceptors (Lipinski definition) is 4. The third-order valence-electron chi connectivity index (χ3n) is 1.03. The van der Waals surface area contributed by atoms with Crippen LogP contribution in [-0.4, -0.2) is 28.1 Å². The second-order valence-electron chi connectivity index (χ2n) is 1.79. The number of nitrogens with two attached hydrogens (primary N) is 1. The van der Waals surface area contributed by atoms with Crippen LogP contribution in [0.3, 0.4) is 0 Å². The Bertz CT molecular complexity index is 150. The molecule has 1 atom stereocenters. The van der Waals surface area contributed by atoms with Crippen LogP contribution in [0.2, 0.25) is 0 Å². The Balaban J connectivity index is 4.22. The first-order chi connectivity index (χ1) is 4.56. The number of rotatable bonds is 4. The maximum absolute atomic E-state index is 10.2. The molecule has 5 nitrogen and oxygen atoms in total.